The lowest BCUT2D eigenvalue weighted by Gasteiger charge is -2.25. The smallest absolute Gasteiger partial charge is 0.0248 e. The zero-order valence-corrected chi connectivity index (χ0v) is 10.3. The fourth-order valence-corrected chi connectivity index (χ4v) is 2.07. The summed E-state index contributed by atoms with van der Waals surface area (Å²) in [5, 5.41) is 0. The van der Waals surface area contributed by atoms with Crippen molar-refractivity contribution in [1.29, 1.82) is 0 Å². The molecule has 0 aliphatic heterocycles. The molecule has 1 aliphatic carbocycles. The van der Waals surface area contributed by atoms with Gasteiger partial charge in [-0.1, -0.05) is 30.4 Å². The van der Waals surface area contributed by atoms with Crippen molar-refractivity contribution in [2.45, 2.75) is 38.0 Å². The van der Waals surface area contributed by atoms with Crippen LogP contribution < -0.4 is 0 Å². The molecule has 16 heavy (non-hydrogen) atoms. The molecule has 0 nitrogen and oxygen atoms in total. The van der Waals surface area contributed by atoms with Crippen LogP contribution in [0.5, 0.6) is 0 Å². The number of unbranched alkanes of at least 4 members (excludes halogenated alkanes) is 1. The van der Waals surface area contributed by atoms with Crippen LogP contribution in [-0.4, -0.2) is 5.88 Å². The average Bonchev–Trinajstić information content (AvgIpc) is 2.23. The molecule has 0 atom stereocenters. The van der Waals surface area contributed by atoms with Crippen LogP contribution in [0.15, 0.2) is 24.3 Å². The minimum absolute atomic E-state index is 0.705. The molecule has 2 rings (SSSR count). The van der Waals surface area contributed by atoms with Crippen LogP contribution in [0.4, 0.5) is 0 Å². The molecule has 1 saturated carbocycles. The molecular weight excluding hydrogens is 216 g/mol. The largest absolute Gasteiger partial charge is 0.127 e. The monoisotopic (exact) mass is 232 g/mol. The van der Waals surface area contributed by atoms with Gasteiger partial charge in [0.05, 0.1) is 0 Å². The molecule has 0 N–H and O–H groups in total. The van der Waals surface area contributed by atoms with Crippen molar-refractivity contribution < 1.29 is 0 Å². The zero-order valence-electron chi connectivity index (χ0n) is 9.51. The Morgan fingerprint density at radius 3 is 2.88 bits per heavy atom. The first-order valence-electron chi connectivity index (χ1n) is 6.05. The predicted molar refractivity (Wildman–Crippen MR) is 69.9 cm³/mol. The summed E-state index contributed by atoms with van der Waals surface area (Å²) in [4.78, 5) is 0. The van der Waals surface area contributed by atoms with Gasteiger partial charge in [-0.3, -0.25) is 0 Å². The summed E-state index contributed by atoms with van der Waals surface area (Å²) in [7, 11) is 0. The number of alkyl halides is 1. The summed E-state index contributed by atoms with van der Waals surface area (Å²) < 4.78 is 0. The molecule has 0 bridgehead atoms. The van der Waals surface area contributed by atoms with E-state index >= 15 is 0 Å². The maximum atomic E-state index is 5.61. The van der Waals surface area contributed by atoms with Crippen molar-refractivity contribution in [2.75, 3.05) is 5.88 Å². The minimum atomic E-state index is 0.705. The van der Waals surface area contributed by atoms with Gasteiger partial charge >= 0.3 is 0 Å². The number of hydrogen-bond donors (Lipinski definition) is 0. The molecule has 84 valence electrons. The van der Waals surface area contributed by atoms with Crippen molar-refractivity contribution in [3.63, 3.8) is 0 Å². The van der Waals surface area contributed by atoms with Crippen LogP contribution in [0.1, 0.15) is 49.1 Å². The first-order chi connectivity index (χ1) is 7.90. The van der Waals surface area contributed by atoms with E-state index in [1.165, 1.54) is 24.8 Å². The highest BCUT2D eigenvalue weighted by molar-refractivity contribution is 6.17. The van der Waals surface area contributed by atoms with Gasteiger partial charge in [0.25, 0.3) is 0 Å². The van der Waals surface area contributed by atoms with Gasteiger partial charge in [-0.05, 0) is 42.9 Å². The van der Waals surface area contributed by atoms with E-state index in [0.717, 1.165) is 24.3 Å². The van der Waals surface area contributed by atoms with E-state index in [1.807, 2.05) is 0 Å². The molecule has 0 amide bonds. The lowest BCUT2D eigenvalue weighted by Crippen LogP contribution is -2.08. The van der Waals surface area contributed by atoms with Gasteiger partial charge < -0.3 is 0 Å². The molecule has 1 aromatic rings. The summed E-state index contributed by atoms with van der Waals surface area (Å²) in [5.41, 5.74) is 2.62. The number of hydrogen-bond acceptors (Lipinski definition) is 0. The van der Waals surface area contributed by atoms with E-state index in [0.29, 0.717) is 5.88 Å². The van der Waals surface area contributed by atoms with Gasteiger partial charge in [0.1, 0.15) is 0 Å². The van der Waals surface area contributed by atoms with Gasteiger partial charge in [0, 0.05) is 17.9 Å². The lowest BCUT2D eigenvalue weighted by molar-refractivity contribution is 0.420. The normalized spacial score (nSPS) is 15.1. The standard InChI is InChI=1S/C15H17Cl/c16-11-3-1-2-6-13-7-4-10-15(12-13)14-8-5-9-14/h4,7,10,12,14H,1,3,5,8-9,11H2. The fourth-order valence-electron chi connectivity index (χ4n) is 1.93. The summed E-state index contributed by atoms with van der Waals surface area (Å²) in [6, 6.07) is 8.69. The Kier molecular flexibility index (Phi) is 4.31. The molecular formula is C15H17Cl. The quantitative estimate of drug-likeness (QED) is 0.414. The predicted octanol–water partition coefficient (Wildman–Crippen LogP) is 4.32. The van der Waals surface area contributed by atoms with Gasteiger partial charge in [0.15, 0.2) is 0 Å². The summed E-state index contributed by atoms with van der Waals surface area (Å²) in [6.45, 7) is 0. The fraction of sp³-hybridized carbons (Fsp3) is 0.467. The first-order valence-corrected chi connectivity index (χ1v) is 6.58. The molecule has 1 aliphatic rings. The van der Waals surface area contributed by atoms with Crippen molar-refractivity contribution >= 4 is 11.6 Å². The van der Waals surface area contributed by atoms with Crippen LogP contribution in [0.25, 0.3) is 0 Å². The highest BCUT2D eigenvalue weighted by Gasteiger charge is 2.18. The Bertz CT molecular complexity index is 393. The van der Waals surface area contributed by atoms with E-state index in [2.05, 4.69) is 36.1 Å². The highest BCUT2D eigenvalue weighted by atomic mass is 35.5. The molecule has 1 aromatic carbocycles. The maximum absolute atomic E-state index is 5.61. The Balaban J connectivity index is 2.00. The maximum Gasteiger partial charge on any atom is 0.0248 e. The van der Waals surface area contributed by atoms with Crippen molar-refractivity contribution in [2.24, 2.45) is 0 Å². The Morgan fingerprint density at radius 2 is 2.19 bits per heavy atom. The Hall–Kier alpha value is -0.930. The Labute approximate surface area is 103 Å². The summed E-state index contributed by atoms with van der Waals surface area (Å²) >= 11 is 5.61. The van der Waals surface area contributed by atoms with E-state index < -0.39 is 0 Å². The van der Waals surface area contributed by atoms with Crippen LogP contribution in [0, 0.1) is 11.8 Å². The highest BCUT2D eigenvalue weighted by Crippen LogP contribution is 2.36. The van der Waals surface area contributed by atoms with Gasteiger partial charge in [0.2, 0.25) is 0 Å². The van der Waals surface area contributed by atoms with Gasteiger partial charge in [-0.15, -0.1) is 11.6 Å². The van der Waals surface area contributed by atoms with E-state index in [-0.39, 0.29) is 0 Å². The topological polar surface area (TPSA) is 0 Å². The Morgan fingerprint density at radius 1 is 1.31 bits per heavy atom. The SMILES string of the molecule is ClCCCC#Cc1cccc(C2CCC2)c1. The van der Waals surface area contributed by atoms with E-state index in [1.54, 1.807) is 0 Å². The van der Waals surface area contributed by atoms with Crippen molar-refractivity contribution in [3.05, 3.63) is 35.4 Å². The zero-order chi connectivity index (χ0) is 11.2. The molecule has 1 fully saturated rings. The van der Waals surface area contributed by atoms with E-state index in [9.17, 15) is 0 Å². The van der Waals surface area contributed by atoms with Crippen LogP contribution in [-0.2, 0) is 0 Å². The number of halogens is 1. The summed E-state index contributed by atoms with van der Waals surface area (Å²) in [5.74, 6) is 7.89. The molecule has 0 radical (unpaired) electrons. The second kappa shape index (κ2) is 5.97. The first kappa shape index (κ1) is 11.6. The van der Waals surface area contributed by atoms with Crippen molar-refractivity contribution in [1.82, 2.24) is 0 Å². The number of benzene rings is 1. The van der Waals surface area contributed by atoms with Gasteiger partial charge in [-0.2, -0.15) is 0 Å². The van der Waals surface area contributed by atoms with Crippen molar-refractivity contribution in [3.8, 4) is 11.8 Å². The average molecular weight is 233 g/mol. The minimum Gasteiger partial charge on any atom is -0.127 e. The second-order valence-corrected chi connectivity index (χ2v) is 4.73. The molecule has 0 spiro atoms. The third-order valence-corrected chi connectivity index (χ3v) is 3.40. The lowest BCUT2D eigenvalue weighted by atomic mass is 9.80. The van der Waals surface area contributed by atoms with E-state index in [4.69, 9.17) is 11.6 Å². The molecule has 0 aromatic heterocycles. The van der Waals surface area contributed by atoms with Crippen LogP contribution >= 0.6 is 11.6 Å². The molecule has 0 unspecified atom stereocenters. The van der Waals surface area contributed by atoms with Crippen LogP contribution in [0.3, 0.4) is 0 Å². The molecule has 0 heterocycles. The third kappa shape index (κ3) is 3.03. The molecule has 1 heteroatoms. The second-order valence-electron chi connectivity index (χ2n) is 4.35. The number of rotatable bonds is 3. The van der Waals surface area contributed by atoms with Crippen LogP contribution in [0.2, 0.25) is 0 Å². The van der Waals surface area contributed by atoms with Gasteiger partial charge in [-0.25, -0.2) is 0 Å². The third-order valence-electron chi connectivity index (χ3n) is 3.13. The molecule has 0 saturated heterocycles. The summed E-state index contributed by atoms with van der Waals surface area (Å²) in [6.07, 6.45) is 5.97.